The molecule has 2 aliphatic heterocycles. The van der Waals surface area contributed by atoms with Gasteiger partial charge in [-0.15, -0.1) is 0 Å². The molecule has 2 saturated heterocycles. The van der Waals surface area contributed by atoms with Gasteiger partial charge in [-0.2, -0.15) is 0 Å². The average Bonchev–Trinajstić information content (AvgIpc) is 2.91. The number of carbonyl (C=O) groups excluding carboxylic acids is 1. The lowest BCUT2D eigenvalue weighted by Crippen LogP contribution is -2.38. The van der Waals surface area contributed by atoms with Gasteiger partial charge in [0.1, 0.15) is 5.75 Å². The van der Waals surface area contributed by atoms with E-state index in [4.69, 9.17) is 9.47 Å². The number of anilines is 3. The summed E-state index contributed by atoms with van der Waals surface area (Å²) in [6.45, 7) is 6.78. The predicted molar refractivity (Wildman–Crippen MR) is 136 cm³/mol. The molecule has 0 unspecified atom stereocenters. The Balaban J connectivity index is 1.16. The fourth-order valence-electron chi connectivity index (χ4n) is 4.50. The smallest absolute Gasteiger partial charge is 0.263 e. The van der Waals surface area contributed by atoms with Crippen molar-refractivity contribution in [1.82, 2.24) is 9.97 Å². The highest BCUT2D eigenvalue weighted by molar-refractivity contribution is 5.92. The highest BCUT2D eigenvalue weighted by Gasteiger charge is 2.27. The van der Waals surface area contributed by atoms with Gasteiger partial charge in [0.15, 0.2) is 5.82 Å². The molecule has 0 aliphatic carbocycles. The third-order valence-electron chi connectivity index (χ3n) is 6.56. The molecule has 0 atom stereocenters. The van der Waals surface area contributed by atoms with Crippen LogP contribution in [0.5, 0.6) is 11.6 Å². The van der Waals surface area contributed by atoms with Crippen LogP contribution in [0.3, 0.4) is 0 Å². The van der Waals surface area contributed by atoms with E-state index in [1.54, 1.807) is 12.4 Å². The van der Waals surface area contributed by atoms with Crippen LogP contribution in [-0.2, 0) is 9.53 Å². The standard InChI is InChI=1S/C27H31N5O3/c1-20-2-8-24(9-3-20)35-27-25(28-12-13-29-27)32-14-10-21(11-15-32)26(33)30-22-4-6-23(7-5-22)31-16-18-34-19-17-31/h2-9,12-13,21H,10-11,14-19H2,1H3,(H,30,33). The van der Waals surface area contributed by atoms with E-state index in [1.807, 2.05) is 43.3 Å². The Morgan fingerprint density at radius 2 is 1.60 bits per heavy atom. The minimum atomic E-state index is -0.0386. The monoisotopic (exact) mass is 473 g/mol. The van der Waals surface area contributed by atoms with Crippen molar-refractivity contribution in [2.75, 3.05) is 54.5 Å². The number of rotatable bonds is 6. The highest BCUT2D eigenvalue weighted by atomic mass is 16.5. The molecule has 182 valence electrons. The Morgan fingerprint density at radius 3 is 2.31 bits per heavy atom. The van der Waals surface area contributed by atoms with Crippen molar-refractivity contribution in [3.63, 3.8) is 0 Å². The molecule has 2 fully saturated rings. The Hall–Kier alpha value is -3.65. The first-order chi connectivity index (χ1) is 17.2. The van der Waals surface area contributed by atoms with Gasteiger partial charge < -0.3 is 24.6 Å². The topological polar surface area (TPSA) is 79.8 Å². The van der Waals surface area contributed by atoms with Crippen LogP contribution in [0.4, 0.5) is 17.2 Å². The predicted octanol–water partition coefficient (Wildman–Crippen LogP) is 4.27. The molecule has 1 N–H and O–H groups in total. The zero-order chi connectivity index (χ0) is 24.0. The molecular formula is C27H31N5O3. The average molecular weight is 474 g/mol. The molecule has 8 nitrogen and oxygen atoms in total. The van der Waals surface area contributed by atoms with Gasteiger partial charge in [-0.1, -0.05) is 17.7 Å². The number of hydrogen-bond donors (Lipinski definition) is 1. The largest absolute Gasteiger partial charge is 0.436 e. The van der Waals surface area contributed by atoms with Crippen molar-refractivity contribution in [2.45, 2.75) is 19.8 Å². The number of ether oxygens (including phenoxy) is 2. The summed E-state index contributed by atoms with van der Waals surface area (Å²) in [7, 11) is 0. The van der Waals surface area contributed by atoms with Gasteiger partial charge in [0.05, 0.1) is 13.2 Å². The molecule has 0 bridgehead atoms. The minimum absolute atomic E-state index is 0.0386. The van der Waals surface area contributed by atoms with Gasteiger partial charge in [-0.3, -0.25) is 4.79 Å². The summed E-state index contributed by atoms with van der Waals surface area (Å²) in [5, 5.41) is 3.09. The number of nitrogens with zero attached hydrogens (tertiary/aromatic N) is 4. The van der Waals surface area contributed by atoms with Crippen molar-refractivity contribution in [2.24, 2.45) is 5.92 Å². The number of aryl methyl sites for hydroxylation is 1. The normalized spacial score (nSPS) is 16.7. The fourth-order valence-corrected chi connectivity index (χ4v) is 4.50. The van der Waals surface area contributed by atoms with E-state index >= 15 is 0 Å². The molecule has 5 rings (SSSR count). The van der Waals surface area contributed by atoms with Gasteiger partial charge in [-0.25, -0.2) is 9.97 Å². The number of piperidine rings is 1. The molecular weight excluding hydrogens is 442 g/mol. The van der Waals surface area contributed by atoms with Crippen molar-refractivity contribution < 1.29 is 14.3 Å². The van der Waals surface area contributed by atoms with Gasteiger partial charge in [-0.05, 0) is 56.2 Å². The van der Waals surface area contributed by atoms with E-state index in [2.05, 4.69) is 37.2 Å². The second-order valence-corrected chi connectivity index (χ2v) is 9.00. The first kappa shape index (κ1) is 23.1. The summed E-state index contributed by atoms with van der Waals surface area (Å²) < 4.78 is 11.4. The zero-order valence-corrected chi connectivity index (χ0v) is 20.0. The van der Waals surface area contributed by atoms with Gasteiger partial charge in [0.25, 0.3) is 5.88 Å². The lowest BCUT2D eigenvalue weighted by atomic mass is 9.96. The van der Waals surface area contributed by atoms with Crippen LogP contribution in [0.15, 0.2) is 60.9 Å². The van der Waals surface area contributed by atoms with Gasteiger partial charge in [0, 0.05) is 55.9 Å². The Morgan fingerprint density at radius 1 is 0.914 bits per heavy atom. The summed E-state index contributed by atoms with van der Waals surface area (Å²) in [5.74, 6) is 1.96. The molecule has 3 aromatic rings. The van der Waals surface area contributed by atoms with Crippen molar-refractivity contribution in [3.8, 4) is 11.6 Å². The van der Waals surface area contributed by atoms with E-state index < -0.39 is 0 Å². The molecule has 2 aliphatic rings. The SMILES string of the molecule is Cc1ccc(Oc2nccnc2N2CCC(C(=O)Nc3ccc(N4CCOCC4)cc3)CC2)cc1. The second kappa shape index (κ2) is 10.7. The summed E-state index contributed by atoms with van der Waals surface area (Å²) in [5.41, 5.74) is 3.16. The first-order valence-corrected chi connectivity index (χ1v) is 12.2. The Bertz CT molecular complexity index is 1120. The molecule has 1 amide bonds. The molecule has 1 aromatic heterocycles. The van der Waals surface area contributed by atoms with Gasteiger partial charge in [0.2, 0.25) is 5.91 Å². The maximum absolute atomic E-state index is 12.9. The summed E-state index contributed by atoms with van der Waals surface area (Å²) in [6, 6.07) is 15.9. The number of aromatic nitrogens is 2. The summed E-state index contributed by atoms with van der Waals surface area (Å²) >= 11 is 0. The third-order valence-corrected chi connectivity index (χ3v) is 6.56. The van der Waals surface area contributed by atoms with E-state index in [-0.39, 0.29) is 11.8 Å². The van der Waals surface area contributed by atoms with Crippen molar-refractivity contribution in [1.29, 1.82) is 0 Å². The number of amides is 1. The van der Waals surface area contributed by atoms with Crippen molar-refractivity contribution >= 4 is 23.1 Å². The van der Waals surface area contributed by atoms with Crippen molar-refractivity contribution in [3.05, 3.63) is 66.5 Å². The van der Waals surface area contributed by atoms with E-state index in [0.717, 1.165) is 69.4 Å². The van der Waals surface area contributed by atoms with Crippen LogP contribution in [-0.4, -0.2) is 55.3 Å². The van der Waals surface area contributed by atoms with Crippen LogP contribution in [0.25, 0.3) is 0 Å². The molecule has 0 spiro atoms. The number of morpholine rings is 1. The highest BCUT2D eigenvalue weighted by Crippen LogP contribution is 2.31. The number of hydrogen-bond acceptors (Lipinski definition) is 7. The van der Waals surface area contributed by atoms with Gasteiger partial charge >= 0.3 is 0 Å². The number of benzene rings is 2. The Kier molecular flexibility index (Phi) is 7.09. The summed E-state index contributed by atoms with van der Waals surface area (Å²) in [4.78, 5) is 26.3. The maximum atomic E-state index is 12.9. The lowest BCUT2D eigenvalue weighted by molar-refractivity contribution is -0.120. The summed E-state index contributed by atoms with van der Waals surface area (Å²) in [6.07, 6.45) is 4.81. The van der Waals surface area contributed by atoms with Crippen LogP contribution in [0.1, 0.15) is 18.4 Å². The molecule has 35 heavy (non-hydrogen) atoms. The molecule has 8 heteroatoms. The quantitative estimate of drug-likeness (QED) is 0.573. The third kappa shape index (κ3) is 5.71. The minimum Gasteiger partial charge on any atom is -0.436 e. The van der Waals surface area contributed by atoms with Crippen LogP contribution < -0.4 is 19.9 Å². The van der Waals surface area contributed by atoms with Crippen LogP contribution in [0.2, 0.25) is 0 Å². The lowest BCUT2D eigenvalue weighted by Gasteiger charge is -2.32. The maximum Gasteiger partial charge on any atom is 0.263 e. The second-order valence-electron chi connectivity index (χ2n) is 9.00. The molecule has 0 radical (unpaired) electrons. The zero-order valence-electron chi connectivity index (χ0n) is 20.0. The van der Waals surface area contributed by atoms with Crippen LogP contribution in [0, 0.1) is 12.8 Å². The fraction of sp³-hybridized carbons (Fsp3) is 0.370. The number of nitrogens with one attached hydrogen (secondary N) is 1. The van der Waals surface area contributed by atoms with E-state index in [0.29, 0.717) is 11.7 Å². The molecule has 3 heterocycles. The number of carbonyl (C=O) groups is 1. The van der Waals surface area contributed by atoms with E-state index in [1.165, 1.54) is 5.56 Å². The molecule has 2 aromatic carbocycles. The first-order valence-electron chi connectivity index (χ1n) is 12.2. The Labute approximate surface area is 205 Å². The van der Waals surface area contributed by atoms with Crippen LogP contribution >= 0.6 is 0 Å². The molecule has 0 saturated carbocycles. The van der Waals surface area contributed by atoms with E-state index in [9.17, 15) is 4.79 Å².